The fourth-order valence-electron chi connectivity index (χ4n) is 6.02. The van der Waals surface area contributed by atoms with Crippen LogP contribution in [0.2, 0.25) is 0 Å². The number of aliphatic hydroxyl groups is 9. The van der Waals surface area contributed by atoms with Crippen LogP contribution in [0.1, 0.15) is 30.9 Å². The third-order valence-electron chi connectivity index (χ3n) is 9.05. The number of aromatic hydroxyl groups is 3. The third kappa shape index (κ3) is 5.11. The van der Waals surface area contributed by atoms with E-state index in [1.165, 1.54) is 31.4 Å². The molecule has 2 fully saturated rings. The van der Waals surface area contributed by atoms with Gasteiger partial charge in [0.15, 0.2) is 51.9 Å². The number of hydrogen-bond acceptors (Lipinski definition) is 16. The van der Waals surface area contributed by atoms with Gasteiger partial charge in [0.1, 0.15) is 30.5 Å². The predicted molar refractivity (Wildman–Crippen MR) is 153 cm³/mol. The number of ether oxygens (including phenoxy) is 3. The largest absolute Gasteiger partial charge is 0.504 e. The van der Waals surface area contributed by atoms with Crippen molar-refractivity contribution in [3.8, 4) is 23.0 Å². The van der Waals surface area contributed by atoms with Gasteiger partial charge in [-0.15, -0.1) is 0 Å². The second-order valence-electron chi connectivity index (χ2n) is 11.6. The second kappa shape index (κ2) is 12.3. The highest BCUT2D eigenvalue weighted by molar-refractivity contribution is 6.00. The molecule has 0 amide bonds. The molecule has 2 saturated heterocycles. The summed E-state index contributed by atoms with van der Waals surface area (Å²) >= 11 is 0. The zero-order valence-corrected chi connectivity index (χ0v) is 24.9. The summed E-state index contributed by atoms with van der Waals surface area (Å²) in [6.45, 7) is 1.02. The van der Waals surface area contributed by atoms with Gasteiger partial charge in [0.2, 0.25) is 5.79 Å². The molecule has 16 heteroatoms. The Bertz CT molecular complexity index is 1480. The predicted octanol–water partition coefficient (Wildman–Crippen LogP) is -2.71. The number of rotatable bonds is 8. The molecule has 254 valence electrons. The number of carbonyl (C=O) groups excluding carboxylic acids is 1. The first kappa shape index (κ1) is 35.5. The first-order chi connectivity index (χ1) is 21.3. The van der Waals surface area contributed by atoms with Crippen LogP contribution in [0.25, 0.3) is 6.08 Å². The average Bonchev–Trinajstić information content (AvgIpc) is 3.03. The van der Waals surface area contributed by atoms with E-state index in [1.54, 1.807) is 0 Å². The van der Waals surface area contributed by atoms with Crippen LogP contribution in [0.3, 0.4) is 0 Å². The number of methoxy groups -OCH3 is 1. The molecule has 0 aromatic heterocycles. The van der Waals surface area contributed by atoms with Gasteiger partial charge in [-0.1, -0.05) is 25.1 Å². The van der Waals surface area contributed by atoms with Crippen LogP contribution >= 0.6 is 0 Å². The minimum atomic E-state index is -3.80. The van der Waals surface area contributed by atoms with Crippen molar-refractivity contribution in [3.05, 3.63) is 53.6 Å². The van der Waals surface area contributed by atoms with Gasteiger partial charge in [0.05, 0.1) is 13.7 Å². The lowest BCUT2D eigenvalue weighted by Crippen LogP contribution is -2.89. The molecular formula is C30H38O16. The maximum absolute atomic E-state index is 13.3. The van der Waals surface area contributed by atoms with Crippen molar-refractivity contribution in [3.63, 3.8) is 0 Å². The Hall–Kier alpha value is -3.39. The summed E-state index contributed by atoms with van der Waals surface area (Å²) in [5.41, 5.74) is -9.91. The van der Waals surface area contributed by atoms with Crippen molar-refractivity contribution in [2.45, 2.75) is 79.2 Å². The third-order valence-corrected chi connectivity index (χ3v) is 9.05. The van der Waals surface area contributed by atoms with E-state index in [1.807, 2.05) is 0 Å². The molecule has 2 aromatic rings. The van der Waals surface area contributed by atoms with E-state index in [9.17, 15) is 66.1 Å². The quantitative estimate of drug-likeness (QED) is 0.102. The van der Waals surface area contributed by atoms with Gasteiger partial charge in [0, 0.05) is 5.92 Å². The van der Waals surface area contributed by atoms with Gasteiger partial charge < -0.3 is 75.5 Å². The van der Waals surface area contributed by atoms with Crippen LogP contribution in [0.4, 0.5) is 0 Å². The van der Waals surface area contributed by atoms with Gasteiger partial charge in [-0.05, 0) is 48.4 Å². The monoisotopic (exact) mass is 654 g/mol. The molecular weight excluding hydrogens is 616 g/mol. The van der Waals surface area contributed by atoms with Gasteiger partial charge in [-0.2, -0.15) is 0 Å². The molecule has 11 atom stereocenters. The summed E-state index contributed by atoms with van der Waals surface area (Å²) < 4.78 is 15.8. The highest BCUT2D eigenvalue weighted by Crippen LogP contribution is 2.55. The Balaban J connectivity index is 1.78. The second-order valence-corrected chi connectivity index (χ2v) is 11.6. The molecule has 46 heavy (non-hydrogen) atoms. The van der Waals surface area contributed by atoms with Crippen LogP contribution in [-0.2, 0) is 14.3 Å². The average molecular weight is 655 g/mol. The number of phenols is 3. The lowest BCUT2D eigenvalue weighted by Gasteiger charge is -2.64. The lowest BCUT2D eigenvalue weighted by molar-refractivity contribution is -0.471. The van der Waals surface area contributed by atoms with Gasteiger partial charge in [-0.3, -0.25) is 4.79 Å². The SMILES string of the molecule is COc1cc(/C=C/C(=O)[C@@]2(C)OC(O)[C@](O)([C@]3(O)[C@@H](O)[C@H](O)[C@@H](CO)OC3(O)C(C)c3ccc(O)c(O)c3)[C@H](O)[C@H]2O)ccc1O. The van der Waals surface area contributed by atoms with Crippen LogP contribution in [0.5, 0.6) is 23.0 Å². The van der Waals surface area contributed by atoms with E-state index < -0.39 is 89.2 Å². The van der Waals surface area contributed by atoms with E-state index in [-0.39, 0.29) is 17.1 Å². The van der Waals surface area contributed by atoms with Gasteiger partial charge in [-0.25, -0.2) is 0 Å². The summed E-state index contributed by atoms with van der Waals surface area (Å²) in [6, 6.07) is 7.10. The molecule has 2 aromatic carbocycles. The molecule has 2 heterocycles. The van der Waals surface area contributed by atoms with Crippen molar-refractivity contribution in [2.24, 2.45) is 0 Å². The zero-order chi connectivity index (χ0) is 34.6. The zero-order valence-electron chi connectivity index (χ0n) is 24.9. The van der Waals surface area contributed by atoms with E-state index in [0.29, 0.717) is 5.56 Å². The van der Waals surface area contributed by atoms with Crippen molar-refractivity contribution in [2.75, 3.05) is 13.7 Å². The number of carbonyl (C=O) groups is 1. The van der Waals surface area contributed by atoms with Crippen molar-refractivity contribution in [1.82, 2.24) is 0 Å². The van der Waals surface area contributed by atoms with Gasteiger partial charge in [0.25, 0.3) is 0 Å². The van der Waals surface area contributed by atoms with Crippen LogP contribution < -0.4 is 4.74 Å². The fraction of sp³-hybridized carbons (Fsp3) is 0.500. The molecule has 0 aliphatic carbocycles. The molecule has 0 bridgehead atoms. The van der Waals surface area contributed by atoms with Crippen molar-refractivity contribution < 1.29 is 80.3 Å². The maximum atomic E-state index is 13.3. The van der Waals surface area contributed by atoms with E-state index in [0.717, 1.165) is 38.1 Å². The maximum Gasteiger partial charge on any atom is 0.208 e. The number of ketones is 1. The molecule has 4 rings (SSSR count). The lowest BCUT2D eigenvalue weighted by atomic mass is 9.59. The molecule has 0 radical (unpaired) electrons. The van der Waals surface area contributed by atoms with E-state index >= 15 is 0 Å². The number of hydrogen-bond donors (Lipinski definition) is 12. The van der Waals surface area contributed by atoms with Crippen LogP contribution in [0.15, 0.2) is 42.5 Å². The van der Waals surface area contributed by atoms with Crippen LogP contribution in [-0.4, -0.2) is 140 Å². The highest BCUT2D eigenvalue weighted by atomic mass is 16.7. The van der Waals surface area contributed by atoms with Crippen molar-refractivity contribution in [1.29, 1.82) is 0 Å². The smallest absolute Gasteiger partial charge is 0.208 e. The van der Waals surface area contributed by atoms with E-state index in [4.69, 9.17) is 14.2 Å². The molecule has 2 aliphatic heterocycles. The topological polar surface area (TPSA) is 288 Å². The Morgan fingerprint density at radius 1 is 0.913 bits per heavy atom. The summed E-state index contributed by atoms with van der Waals surface area (Å²) in [4.78, 5) is 13.3. The van der Waals surface area contributed by atoms with Crippen molar-refractivity contribution >= 4 is 11.9 Å². The summed E-state index contributed by atoms with van der Waals surface area (Å²) in [6.07, 6.45) is -13.0. The molecule has 2 aliphatic rings. The summed E-state index contributed by atoms with van der Waals surface area (Å²) in [7, 11) is 1.30. The highest BCUT2D eigenvalue weighted by Gasteiger charge is 2.80. The normalized spacial score (nSPS) is 38.9. The standard InChI is InChI=1S/C30H38O16/c1-13(15-6-8-16(32)18(34)11-15)30(43)29(42,23(37)22(36)20(12-31)45-30)28(41)25(39)24(38)27(2,46-26(28)40)21(35)9-5-14-4-7-17(33)19(10-14)44-3/h4-11,13,20,22-26,31-34,36-43H,12H2,1-3H3/b9-5+/t13?,20-,22-,23+,24-,25-,26?,27-,28+,29-,30?/m1/s1. The Morgan fingerprint density at radius 3 is 2.13 bits per heavy atom. The number of benzene rings is 2. The first-order valence-electron chi connectivity index (χ1n) is 14.0. The Kier molecular flexibility index (Phi) is 9.50. The first-order valence-corrected chi connectivity index (χ1v) is 14.0. The molecule has 0 spiro atoms. The van der Waals surface area contributed by atoms with Crippen LogP contribution in [0, 0.1) is 0 Å². The summed E-state index contributed by atoms with van der Waals surface area (Å²) in [5.74, 6) is -7.55. The minimum Gasteiger partial charge on any atom is -0.504 e. The van der Waals surface area contributed by atoms with E-state index in [2.05, 4.69) is 0 Å². The molecule has 16 nitrogen and oxygen atoms in total. The molecule has 12 N–H and O–H groups in total. The fourth-order valence-corrected chi connectivity index (χ4v) is 6.02. The molecule has 3 unspecified atom stereocenters. The van der Waals surface area contributed by atoms with Gasteiger partial charge >= 0.3 is 0 Å². The Morgan fingerprint density at radius 2 is 1.54 bits per heavy atom. The molecule has 0 saturated carbocycles. The Labute approximate surface area is 261 Å². The minimum absolute atomic E-state index is 0.0713. The number of phenolic OH excluding ortho intramolecular Hbond substituents is 3. The number of aliphatic hydroxyl groups excluding tert-OH is 6. The summed E-state index contributed by atoms with van der Waals surface area (Å²) in [5, 5.41) is 131.